The second-order valence-corrected chi connectivity index (χ2v) is 4.27. The van der Waals surface area contributed by atoms with Gasteiger partial charge in [-0.3, -0.25) is 4.79 Å². The average molecular weight is 320 g/mol. The Morgan fingerprint density at radius 1 is 1.22 bits per heavy atom. The molecule has 0 N–H and O–H groups in total. The highest BCUT2D eigenvalue weighted by Crippen LogP contribution is 2.20. The summed E-state index contributed by atoms with van der Waals surface area (Å²) in [5.41, 5.74) is -0.225. The molecule has 1 aromatic carbocycles. The van der Waals surface area contributed by atoms with Crippen molar-refractivity contribution in [3.05, 3.63) is 40.6 Å². The van der Waals surface area contributed by atoms with Gasteiger partial charge in [0.25, 0.3) is 5.78 Å². The fourth-order valence-corrected chi connectivity index (χ4v) is 1.50. The van der Waals surface area contributed by atoms with Crippen molar-refractivity contribution in [3.8, 4) is 5.69 Å². The Hall–Kier alpha value is -1.70. The van der Waals surface area contributed by atoms with Crippen LogP contribution in [-0.2, 0) is 0 Å². The van der Waals surface area contributed by atoms with Gasteiger partial charge in [0.1, 0.15) is 0 Å². The van der Waals surface area contributed by atoms with E-state index in [1.54, 1.807) is 24.3 Å². The predicted octanol–water partition coefficient (Wildman–Crippen LogP) is 2.77. The molecule has 0 fully saturated rings. The highest BCUT2D eigenvalue weighted by atomic mass is 79.9. The number of ketones is 1. The van der Waals surface area contributed by atoms with Crippen LogP contribution >= 0.6 is 15.9 Å². The van der Waals surface area contributed by atoms with Gasteiger partial charge in [0, 0.05) is 4.47 Å². The summed E-state index contributed by atoms with van der Waals surface area (Å²) < 4.78 is 38.4. The van der Waals surface area contributed by atoms with E-state index in [0.29, 0.717) is 5.69 Å². The number of Topliss-reactive ketones (excluding diaryl/α,β-unsaturated/α-hetero) is 1. The molecule has 0 aliphatic rings. The Labute approximate surface area is 108 Å². The van der Waals surface area contributed by atoms with Gasteiger partial charge in [0.2, 0.25) is 0 Å². The number of carbonyl (C=O) groups excluding carboxylic acids is 1. The molecule has 0 unspecified atom stereocenters. The topological polar surface area (TPSA) is 47.8 Å². The Morgan fingerprint density at radius 2 is 1.83 bits per heavy atom. The lowest BCUT2D eigenvalue weighted by Crippen LogP contribution is -2.23. The summed E-state index contributed by atoms with van der Waals surface area (Å²) in [4.78, 5) is 10.9. The molecule has 8 heteroatoms. The van der Waals surface area contributed by atoms with Crippen molar-refractivity contribution in [1.82, 2.24) is 15.0 Å². The summed E-state index contributed by atoms with van der Waals surface area (Å²) in [6.45, 7) is 0. The predicted molar refractivity (Wildman–Crippen MR) is 59.4 cm³/mol. The van der Waals surface area contributed by atoms with Crippen molar-refractivity contribution in [3.63, 3.8) is 0 Å². The monoisotopic (exact) mass is 319 g/mol. The van der Waals surface area contributed by atoms with Gasteiger partial charge >= 0.3 is 6.18 Å². The molecule has 0 radical (unpaired) electrons. The summed E-state index contributed by atoms with van der Waals surface area (Å²) in [5.74, 6) is -2.01. The fraction of sp³-hybridized carbons (Fsp3) is 0.100. The Kier molecular flexibility index (Phi) is 3.20. The molecule has 0 aliphatic carbocycles. The zero-order chi connectivity index (χ0) is 13.3. The molecule has 0 amide bonds. The summed E-state index contributed by atoms with van der Waals surface area (Å²) in [5, 5.41) is 6.69. The van der Waals surface area contributed by atoms with E-state index in [2.05, 4.69) is 26.2 Å². The van der Waals surface area contributed by atoms with E-state index in [0.717, 1.165) is 15.4 Å². The molecular weight excluding hydrogens is 315 g/mol. The van der Waals surface area contributed by atoms with Crippen molar-refractivity contribution in [2.24, 2.45) is 0 Å². The first-order valence-corrected chi connectivity index (χ1v) is 5.47. The van der Waals surface area contributed by atoms with E-state index in [1.807, 2.05) is 0 Å². The molecule has 94 valence electrons. The number of alkyl halides is 3. The third-order valence-electron chi connectivity index (χ3n) is 2.07. The Morgan fingerprint density at radius 3 is 2.39 bits per heavy atom. The van der Waals surface area contributed by atoms with Crippen molar-refractivity contribution in [2.75, 3.05) is 0 Å². The summed E-state index contributed by atoms with van der Waals surface area (Å²) in [6.07, 6.45) is -4.00. The minimum absolute atomic E-state index is 0.506. The average Bonchev–Trinajstić information content (AvgIpc) is 2.77. The molecule has 1 heterocycles. The molecule has 0 spiro atoms. The number of nitrogens with zero attached hydrogens (tertiary/aromatic N) is 3. The fourth-order valence-electron chi connectivity index (χ4n) is 1.23. The van der Waals surface area contributed by atoms with E-state index >= 15 is 0 Å². The Bertz CT molecular complexity index is 577. The van der Waals surface area contributed by atoms with Gasteiger partial charge in [-0.2, -0.15) is 13.2 Å². The molecule has 0 atom stereocenters. The molecule has 18 heavy (non-hydrogen) atoms. The van der Waals surface area contributed by atoms with E-state index in [4.69, 9.17) is 0 Å². The van der Waals surface area contributed by atoms with Crippen LogP contribution in [0.25, 0.3) is 5.69 Å². The number of benzene rings is 1. The van der Waals surface area contributed by atoms with Gasteiger partial charge in [-0.05, 0) is 24.3 Å². The molecule has 0 aliphatic heterocycles. The van der Waals surface area contributed by atoms with Crippen LogP contribution in [0.2, 0.25) is 0 Å². The molecule has 0 saturated heterocycles. The molecule has 1 aromatic heterocycles. The van der Waals surface area contributed by atoms with Crippen LogP contribution in [0, 0.1) is 0 Å². The van der Waals surface area contributed by atoms with Gasteiger partial charge in [-0.1, -0.05) is 21.1 Å². The highest BCUT2D eigenvalue weighted by molar-refractivity contribution is 9.10. The van der Waals surface area contributed by atoms with Crippen LogP contribution in [0.15, 0.2) is 34.9 Å². The van der Waals surface area contributed by atoms with Crippen molar-refractivity contribution in [1.29, 1.82) is 0 Å². The lowest BCUT2D eigenvalue weighted by atomic mass is 10.3. The van der Waals surface area contributed by atoms with Crippen LogP contribution in [-0.4, -0.2) is 27.0 Å². The maximum Gasteiger partial charge on any atom is 0.456 e. The standard InChI is InChI=1S/C10H5BrF3N3O/c11-6-1-3-7(4-2-6)17-5-8(15-16-17)9(18)10(12,13)14/h1-5H. The smallest absolute Gasteiger partial charge is 0.282 e. The van der Waals surface area contributed by atoms with Gasteiger partial charge in [0.15, 0.2) is 5.69 Å². The summed E-state index contributed by atoms with van der Waals surface area (Å²) in [6, 6.07) is 6.64. The number of hydrogen-bond acceptors (Lipinski definition) is 3. The lowest BCUT2D eigenvalue weighted by Gasteiger charge is -2.00. The zero-order valence-corrected chi connectivity index (χ0v) is 10.2. The van der Waals surface area contributed by atoms with Crippen molar-refractivity contribution in [2.45, 2.75) is 6.18 Å². The van der Waals surface area contributed by atoms with E-state index in [1.165, 1.54) is 0 Å². The van der Waals surface area contributed by atoms with Gasteiger partial charge < -0.3 is 0 Å². The highest BCUT2D eigenvalue weighted by Gasteiger charge is 2.41. The van der Waals surface area contributed by atoms with Gasteiger partial charge in [0.05, 0.1) is 11.9 Å². The number of carbonyl (C=O) groups is 1. The van der Waals surface area contributed by atoms with Crippen LogP contribution < -0.4 is 0 Å². The first-order chi connectivity index (χ1) is 8.38. The molecular formula is C10H5BrF3N3O. The quantitative estimate of drug-likeness (QED) is 0.800. The van der Waals surface area contributed by atoms with Crippen LogP contribution in [0.4, 0.5) is 13.2 Å². The molecule has 2 aromatic rings. The molecule has 2 rings (SSSR count). The van der Waals surface area contributed by atoms with Gasteiger partial charge in [-0.25, -0.2) is 4.68 Å². The normalized spacial score (nSPS) is 11.6. The first kappa shape index (κ1) is 12.7. The van der Waals surface area contributed by atoms with Gasteiger partial charge in [-0.15, -0.1) is 5.10 Å². The molecule has 0 saturated carbocycles. The van der Waals surface area contributed by atoms with Crippen molar-refractivity contribution < 1.29 is 18.0 Å². The van der Waals surface area contributed by atoms with E-state index in [9.17, 15) is 18.0 Å². The zero-order valence-electron chi connectivity index (χ0n) is 8.65. The summed E-state index contributed by atoms with van der Waals surface area (Å²) >= 11 is 3.22. The summed E-state index contributed by atoms with van der Waals surface area (Å²) in [7, 11) is 0. The number of halogens is 4. The third kappa shape index (κ3) is 2.58. The minimum Gasteiger partial charge on any atom is -0.282 e. The minimum atomic E-state index is -4.94. The molecule has 4 nitrogen and oxygen atoms in total. The van der Waals surface area contributed by atoms with E-state index < -0.39 is 17.7 Å². The second-order valence-electron chi connectivity index (χ2n) is 3.35. The van der Waals surface area contributed by atoms with Crippen LogP contribution in [0.5, 0.6) is 0 Å². The third-order valence-corrected chi connectivity index (χ3v) is 2.60. The largest absolute Gasteiger partial charge is 0.456 e. The SMILES string of the molecule is O=C(c1cn(-c2ccc(Br)cc2)nn1)C(F)(F)F. The van der Waals surface area contributed by atoms with Crippen LogP contribution in [0.3, 0.4) is 0 Å². The number of rotatable bonds is 2. The maximum absolute atomic E-state index is 12.2. The molecule has 0 bridgehead atoms. The van der Waals surface area contributed by atoms with Crippen molar-refractivity contribution >= 4 is 21.7 Å². The number of hydrogen-bond donors (Lipinski definition) is 0. The number of aromatic nitrogens is 3. The lowest BCUT2D eigenvalue weighted by molar-refractivity contribution is -0.0888. The first-order valence-electron chi connectivity index (χ1n) is 4.68. The Balaban J connectivity index is 2.31. The maximum atomic E-state index is 12.2. The van der Waals surface area contributed by atoms with E-state index in [-0.39, 0.29) is 0 Å². The second kappa shape index (κ2) is 4.52. The van der Waals surface area contributed by atoms with Crippen LogP contribution in [0.1, 0.15) is 10.5 Å².